The lowest BCUT2D eigenvalue weighted by molar-refractivity contribution is 0.0342. The number of aryl methyl sites for hydroxylation is 2. The van der Waals surface area contributed by atoms with Crippen LogP contribution in [-0.4, -0.2) is 46.9 Å². The minimum atomic E-state index is -0.487. The largest absolute Gasteiger partial charge is 0.379 e. The number of hydrogen-bond donors (Lipinski definition) is 1. The average Bonchev–Trinajstić information content (AvgIpc) is 2.81. The molecule has 7 nitrogen and oxygen atoms in total. The molecule has 3 aromatic rings. The van der Waals surface area contributed by atoms with Crippen LogP contribution in [0.25, 0.3) is 10.9 Å². The second-order valence-electron chi connectivity index (χ2n) is 8.00. The van der Waals surface area contributed by atoms with E-state index >= 15 is 0 Å². The molecule has 1 N–H and O–H groups in total. The van der Waals surface area contributed by atoms with Crippen LogP contribution in [0, 0.1) is 0 Å². The molecule has 1 aliphatic heterocycles. The van der Waals surface area contributed by atoms with Crippen LogP contribution in [-0.2, 0) is 31.3 Å². The number of amides is 1. The molecular weight excluding hydrogens is 428 g/mol. The fourth-order valence-electron chi connectivity index (χ4n) is 4.08. The molecule has 168 valence electrons. The van der Waals surface area contributed by atoms with Crippen LogP contribution >= 0.6 is 11.6 Å². The summed E-state index contributed by atoms with van der Waals surface area (Å²) in [7, 11) is 1.78. The van der Waals surface area contributed by atoms with Crippen LogP contribution in [0.4, 0.5) is 0 Å². The molecule has 1 amide bonds. The van der Waals surface area contributed by atoms with Crippen molar-refractivity contribution in [2.24, 2.45) is 7.05 Å². The van der Waals surface area contributed by atoms with Crippen LogP contribution in [0.15, 0.2) is 41.2 Å². The Morgan fingerprint density at radius 1 is 1.16 bits per heavy atom. The highest BCUT2D eigenvalue weighted by Crippen LogP contribution is 2.21. The van der Waals surface area contributed by atoms with E-state index in [0.29, 0.717) is 10.4 Å². The van der Waals surface area contributed by atoms with Crippen molar-refractivity contribution in [2.45, 2.75) is 26.4 Å². The lowest BCUT2D eigenvalue weighted by atomic mass is 10.0. The van der Waals surface area contributed by atoms with Crippen molar-refractivity contribution < 1.29 is 9.53 Å². The van der Waals surface area contributed by atoms with Crippen molar-refractivity contribution in [1.29, 1.82) is 0 Å². The van der Waals surface area contributed by atoms with E-state index in [9.17, 15) is 9.59 Å². The van der Waals surface area contributed by atoms with Gasteiger partial charge in [0.25, 0.3) is 5.91 Å². The number of nitrogens with one attached hydrogen (secondary N) is 1. The Bertz CT molecular complexity index is 1180. The Kier molecular flexibility index (Phi) is 6.89. The van der Waals surface area contributed by atoms with Crippen molar-refractivity contribution in [1.82, 2.24) is 20.0 Å². The summed E-state index contributed by atoms with van der Waals surface area (Å²) in [5.74, 6) is -0.487. The second kappa shape index (κ2) is 9.81. The Morgan fingerprint density at radius 2 is 1.88 bits per heavy atom. The molecule has 2 aromatic carbocycles. The van der Waals surface area contributed by atoms with Crippen LogP contribution in [0.3, 0.4) is 0 Å². The maximum Gasteiger partial charge on any atom is 0.276 e. The minimum Gasteiger partial charge on any atom is -0.379 e. The van der Waals surface area contributed by atoms with Crippen LogP contribution in [0.1, 0.15) is 34.1 Å². The molecule has 0 atom stereocenters. The van der Waals surface area contributed by atoms with Crippen molar-refractivity contribution in [3.05, 3.63) is 74.0 Å². The number of halogens is 1. The number of carbonyl (C=O) groups is 1. The highest BCUT2D eigenvalue weighted by molar-refractivity contribution is 6.30. The average molecular weight is 455 g/mol. The highest BCUT2D eigenvalue weighted by atomic mass is 35.5. The molecule has 2 heterocycles. The zero-order valence-electron chi connectivity index (χ0n) is 18.4. The van der Waals surface area contributed by atoms with Crippen LogP contribution in [0.5, 0.6) is 0 Å². The van der Waals surface area contributed by atoms with Crippen molar-refractivity contribution in [3.8, 4) is 0 Å². The van der Waals surface area contributed by atoms with Gasteiger partial charge in [-0.15, -0.1) is 0 Å². The molecule has 1 fully saturated rings. The van der Waals surface area contributed by atoms with E-state index in [4.69, 9.17) is 16.3 Å². The predicted molar refractivity (Wildman–Crippen MR) is 125 cm³/mol. The summed E-state index contributed by atoms with van der Waals surface area (Å²) < 4.78 is 7.08. The van der Waals surface area contributed by atoms with Gasteiger partial charge in [-0.25, -0.2) is 0 Å². The Hall–Kier alpha value is -2.74. The third-order valence-corrected chi connectivity index (χ3v) is 6.01. The minimum absolute atomic E-state index is 0.0976. The Balaban J connectivity index is 1.65. The van der Waals surface area contributed by atoms with Gasteiger partial charge in [-0.1, -0.05) is 36.7 Å². The first-order valence-corrected chi connectivity index (χ1v) is 11.2. The number of benzene rings is 2. The van der Waals surface area contributed by atoms with E-state index in [0.717, 1.165) is 61.5 Å². The summed E-state index contributed by atoms with van der Waals surface area (Å²) in [6.45, 7) is 6.27. The van der Waals surface area contributed by atoms with E-state index < -0.39 is 5.91 Å². The van der Waals surface area contributed by atoms with E-state index in [1.54, 1.807) is 23.9 Å². The lowest BCUT2D eigenvalue weighted by Crippen LogP contribution is -2.35. The summed E-state index contributed by atoms with van der Waals surface area (Å²) >= 11 is 5.91. The Labute approximate surface area is 191 Å². The molecule has 0 unspecified atom stereocenters. The van der Waals surface area contributed by atoms with Gasteiger partial charge < -0.3 is 10.1 Å². The van der Waals surface area contributed by atoms with Crippen molar-refractivity contribution in [2.75, 3.05) is 26.3 Å². The first kappa shape index (κ1) is 22.5. The van der Waals surface area contributed by atoms with Gasteiger partial charge in [0.05, 0.1) is 24.1 Å². The summed E-state index contributed by atoms with van der Waals surface area (Å²) in [6.07, 6.45) is 0.768. The summed E-state index contributed by atoms with van der Waals surface area (Å²) in [6, 6.07) is 11.2. The molecule has 0 saturated carbocycles. The fraction of sp³-hybridized carbons (Fsp3) is 0.375. The number of aromatic nitrogens is 2. The standard InChI is InChI=1S/C24H27ClN4O3/c1-3-18-12-17(15-29-8-10-32-11-9-29)13-20-22(18)28(2)27-21(23(20)30)24(31)26-14-16-4-6-19(25)7-5-16/h4-7,12-13H,3,8-11,14-15H2,1-2H3,(H,26,31). The third kappa shape index (κ3) is 4.85. The molecule has 32 heavy (non-hydrogen) atoms. The van der Waals surface area contributed by atoms with E-state index in [-0.39, 0.29) is 17.7 Å². The summed E-state index contributed by atoms with van der Waals surface area (Å²) in [5, 5.41) is 8.28. The van der Waals surface area contributed by atoms with Crippen molar-refractivity contribution in [3.63, 3.8) is 0 Å². The maximum absolute atomic E-state index is 13.3. The second-order valence-corrected chi connectivity index (χ2v) is 8.44. The fourth-order valence-corrected chi connectivity index (χ4v) is 4.21. The highest BCUT2D eigenvalue weighted by Gasteiger charge is 2.19. The zero-order valence-corrected chi connectivity index (χ0v) is 19.1. The molecular formula is C24H27ClN4O3. The molecule has 0 radical (unpaired) electrons. The lowest BCUT2D eigenvalue weighted by Gasteiger charge is -2.27. The van der Waals surface area contributed by atoms with Gasteiger partial charge in [0, 0.05) is 38.2 Å². The molecule has 1 saturated heterocycles. The van der Waals surface area contributed by atoms with Gasteiger partial charge >= 0.3 is 0 Å². The number of ether oxygens (including phenoxy) is 1. The number of hydrogen-bond acceptors (Lipinski definition) is 5. The van der Waals surface area contributed by atoms with E-state index in [1.807, 2.05) is 18.2 Å². The third-order valence-electron chi connectivity index (χ3n) is 5.75. The zero-order chi connectivity index (χ0) is 22.7. The molecule has 4 rings (SSSR count). The number of rotatable bonds is 6. The Morgan fingerprint density at radius 3 is 2.56 bits per heavy atom. The van der Waals surface area contributed by atoms with Gasteiger partial charge in [-0.3, -0.25) is 19.2 Å². The van der Waals surface area contributed by atoms with Gasteiger partial charge in [0.1, 0.15) is 0 Å². The summed E-state index contributed by atoms with van der Waals surface area (Å²) in [5.41, 5.74) is 3.33. The predicted octanol–water partition coefficient (Wildman–Crippen LogP) is 2.91. The first-order valence-electron chi connectivity index (χ1n) is 10.8. The molecule has 8 heteroatoms. The first-order chi connectivity index (χ1) is 15.5. The molecule has 1 aromatic heterocycles. The van der Waals surface area contributed by atoms with Gasteiger partial charge in [0.15, 0.2) is 5.69 Å². The van der Waals surface area contributed by atoms with Gasteiger partial charge in [0.2, 0.25) is 5.43 Å². The SMILES string of the molecule is CCc1cc(CN2CCOCC2)cc2c(=O)c(C(=O)NCc3ccc(Cl)cc3)nn(C)c12. The van der Waals surface area contributed by atoms with Crippen molar-refractivity contribution >= 4 is 28.4 Å². The van der Waals surface area contributed by atoms with Crippen LogP contribution < -0.4 is 10.7 Å². The number of nitrogens with zero attached hydrogens (tertiary/aromatic N) is 3. The molecule has 0 spiro atoms. The molecule has 1 aliphatic rings. The van der Waals surface area contributed by atoms with E-state index in [1.165, 1.54) is 0 Å². The smallest absolute Gasteiger partial charge is 0.276 e. The number of morpholine rings is 1. The number of carbonyl (C=O) groups excluding carboxylic acids is 1. The van der Waals surface area contributed by atoms with Crippen LogP contribution in [0.2, 0.25) is 5.02 Å². The molecule has 0 bridgehead atoms. The number of fused-ring (bicyclic) bond motifs is 1. The molecule has 0 aliphatic carbocycles. The van der Waals surface area contributed by atoms with Gasteiger partial charge in [-0.05, 0) is 41.3 Å². The maximum atomic E-state index is 13.3. The normalized spacial score (nSPS) is 14.6. The monoisotopic (exact) mass is 454 g/mol. The summed E-state index contributed by atoms with van der Waals surface area (Å²) in [4.78, 5) is 28.4. The quantitative estimate of drug-likeness (QED) is 0.619. The topological polar surface area (TPSA) is 76.5 Å². The van der Waals surface area contributed by atoms with E-state index in [2.05, 4.69) is 28.3 Å². The van der Waals surface area contributed by atoms with Gasteiger partial charge in [-0.2, -0.15) is 5.10 Å².